The summed E-state index contributed by atoms with van der Waals surface area (Å²) in [6, 6.07) is 27.2. The van der Waals surface area contributed by atoms with E-state index in [2.05, 4.69) is 93.6 Å². The van der Waals surface area contributed by atoms with Crippen LogP contribution < -0.4 is 0 Å². The van der Waals surface area contributed by atoms with Crippen LogP contribution in [0.4, 0.5) is 0 Å². The van der Waals surface area contributed by atoms with Crippen LogP contribution in [-0.4, -0.2) is 6.79 Å². The van der Waals surface area contributed by atoms with Crippen molar-refractivity contribution < 1.29 is 4.79 Å². The molecule has 0 saturated carbocycles. The summed E-state index contributed by atoms with van der Waals surface area (Å²) in [5, 5.41) is 0. The van der Waals surface area contributed by atoms with Crippen LogP contribution in [0.3, 0.4) is 0 Å². The molecular weight excluding hydrogens is 364 g/mol. The van der Waals surface area contributed by atoms with Gasteiger partial charge in [-0.15, -0.1) is 0 Å². The Morgan fingerprint density at radius 1 is 0.633 bits per heavy atom. The van der Waals surface area contributed by atoms with Crippen LogP contribution in [0.2, 0.25) is 0 Å². The highest BCUT2D eigenvalue weighted by Gasteiger charge is 2.04. The maximum Gasteiger partial charge on any atom is 0.106 e. The zero-order chi connectivity index (χ0) is 21.8. The molecule has 0 bridgehead atoms. The van der Waals surface area contributed by atoms with Crippen LogP contribution in [0, 0.1) is 5.92 Å². The fraction of sp³-hybridized carbons (Fsp3) is 0.345. The summed E-state index contributed by atoms with van der Waals surface area (Å²) >= 11 is 0. The molecule has 0 aliphatic carbocycles. The maximum atomic E-state index is 8.00. The van der Waals surface area contributed by atoms with Gasteiger partial charge in [0.1, 0.15) is 6.79 Å². The molecule has 158 valence electrons. The molecule has 3 aromatic rings. The SMILES string of the molecule is C=O.CCCCCc1ccc(-c2ccc(-c3ccc(CC(C)CC)cc3)cc2)cc1. The fourth-order valence-electron chi connectivity index (χ4n) is 3.68. The summed E-state index contributed by atoms with van der Waals surface area (Å²) in [5.41, 5.74) is 8.06. The predicted molar refractivity (Wildman–Crippen MR) is 131 cm³/mol. The third kappa shape index (κ3) is 6.99. The molecule has 1 unspecified atom stereocenters. The van der Waals surface area contributed by atoms with Gasteiger partial charge in [0.2, 0.25) is 0 Å². The summed E-state index contributed by atoms with van der Waals surface area (Å²) in [6.07, 6.45) is 7.50. The fourth-order valence-corrected chi connectivity index (χ4v) is 3.68. The number of hydrogen-bond acceptors (Lipinski definition) is 1. The van der Waals surface area contributed by atoms with Gasteiger partial charge in [0.15, 0.2) is 0 Å². The van der Waals surface area contributed by atoms with Crippen molar-refractivity contribution in [1.82, 2.24) is 0 Å². The molecule has 3 rings (SSSR count). The van der Waals surface area contributed by atoms with Gasteiger partial charge >= 0.3 is 0 Å². The van der Waals surface area contributed by atoms with E-state index in [9.17, 15) is 0 Å². The van der Waals surface area contributed by atoms with E-state index in [-0.39, 0.29) is 0 Å². The molecule has 0 spiro atoms. The number of benzene rings is 3. The van der Waals surface area contributed by atoms with Gasteiger partial charge < -0.3 is 4.79 Å². The molecule has 3 aromatic carbocycles. The highest BCUT2D eigenvalue weighted by atomic mass is 16.1. The first-order valence-corrected chi connectivity index (χ1v) is 11.3. The molecule has 0 aliphatic rings. The number of aryl methyl sites for hydroxylation is 1. The monoisotopic (exact) mass is 400 g/mol. The van der Waals surface area contributed by atoms with Crippen molar-refractivity contribution in [3.8, 4) is 22.3 Å². The second-order valence-corrected chi connectivity index (χ2v) is 8.15. The largest absolute Gasteiger partial charge is 0.307 e. The van der Waals surface area contributed by atoms with Gasteiger partial charge in [0, 0.05) is 0 Å². The number of carbonyl (C=O) groups is 1. The van der Waals surface area contributed by atoms with E-state index in [4.69, 9.17) is 4.79 Å². The first-order chi connectivity index (χ1) is 14.7. The van der Waals surface area contributed by atoms with Gasteiger partial charge in [-0.1, -0.05) is 113 Å². The molecule has 0 N–H and O–H groups in total. The van der Waals surface area contributed by atoms with Crippen molar-refractivity contribution in [3.05, 3.63) is 83.9 Å². The molecule has 1 nitrogen and oxygen atoms in total. The Bertz CT molecular complexity index is 844. The lowest BCUT2D eigenvalue weighted by Gasteiger charge is -2.10. The predicted octanol–water partition coefficient (Wildman–Crippen LogP) is 8.16. The van der Waals surface area contributed by atoms with Gasteiger partial charge in [0.05, 0.1) is 0 Å². The van der Waals surface area contributed by atoms with Crippen LogP contribution in [-0.2, 0) is 17.6 Å². The summed E-state index contributed by atoms with van der Waals surface area (Å²) in [4.78, 5) is 8.00. The van der Waals surface area contributed by atoms with Gasteiger partial charge in [-0.05, 0) is 58.6 Å². The molecule has 0 aliphatic heterocycles. The minimum absolute atomic E-state index is 0.753. The average Bonchev–Trinajstić information content (AvgIpc) is 2.81. The molecular formula is C29H36O. The van der Waals surface area contributed by atoms with Gasteiger partial charge in [-0.3, -0.25) is 0 Å². The van der Waals surface area contributed by atoms with Crippen molar-refractivity contribution in [2.45, 2.75) is 59.3 Å². The quantitative estimate of drug-likeness (QED) is 0.331. The summed E-state index contributed by atoms with van der Waals surface area (Å²) < 4.78 is 0. The molecule has 30 heavy (non-hydrogen) atoms. The van der Waals surface area contributed by atoms with Crippen LogP contribution in [0.15, 0.2) is 72.8 Å². The van der Waals surface area contributed by atoms with Crippen molar-refractivity contribution in [2.24, 2.45) is 5.92 Å². The Labute approximate surface area is 183 Å². The third-order valence-corrected chi connectivity index (χ3v) is 5.81. The van der Waals surface area contributed by atoms with E-state index < -0.39 is 0 Å². The standard InChI is InChI=1S/C28H34.CH2O/c1-4-6-7-8-23-9-13-25(14-10-23)27-17-19-28(20-18-27)26-15-11-24(12-16-26)21-22(3)5-2;1-2/h9-20,22H,4-8,21H2,1-3H3;1H2. The molecule has 1 atom stereocenters. The third-order valence-electron chi connectivity index (χ3n) is 5.81. The molecule has 1 heteroatoms. The zero-order valence-electron chi connectivity index (χ0n) is 18.9. The summed E-state index contributed by atoms with van der Waals surface area (Å²) in [7, 11) is 0. The second-order valence-electron chi connectivity index (χ2n) is 8.15. The Morgan fingerprint density at radius 2 is 1.03 bits per heavy atom. The lowest BCUT2D eigenvalue weighted by atomic mass is 9.95. The van der Waals surface area contributed by atoms with Gasteiger partial charge in [0.25, 0.3) is 0 Å². The molecule has 0 fully saturated rings. The zero-order valence-corrected chi connectivity index (χ0v) is 18.9. The highest BCUT2D eigenvalue weighted by Crippen LogP contribution is 2.26. The van der Waals surface area contributed by atoms with E-state index in [1.807, 2.05) is 6.79 Å². The molecule has 0 saturated heterocycles. The first kappa shape index (κ1) is 23.6. The smallest absolute Gasteiger partial charge is 0.106 e. The van der Waals surface area contributed by atoms with E-state index in [0.29, 0.717) is 0 Å². The van der Waals surface area contributed by atoms with E-state index in [1.165, 1.54) is 71.9 Å². The molecule has 0 aromatic heterocycles. The normalized spacial score (nSPS) is 11.4. The van der Waals surface area contributed by atoms with Gasteiger partial charge in [-0.25, -0.2) is 0 Å². The van der Waals surface area contributed by atoms with Crippen molar-refractivity contribution in [1.29, 1.82) is 0 Å². The number of unbranched alkanes of at least 4 members (excludes halogenated alkanes) is 2. The lowest BCUT2D eigenvalue weighted by Crippen LogP contribution is -1.97. The topological polar surface area (TPSA) is 17.1 Å². The van der Waals surface area contributed by atoms with Crippen molar-refractivity contribution >= 4 is 6.79 Å². The number of carbonyl (C=O) groups excluding carboxylic acids is 1. The lowest BCUT2D eigenvalue weighted by molar-refractivity contribution is -0.0979. The molecule has 0 amide bonds. The van der Waals surface area contributed by atoms with Crippen LogP contribution >= 0.6 is 0 Å². The summed E-state index contributed by atoms with van der Waals surface area (Å²) in [6.45, 7) is 8.85. The average molecular weight is 401 g/mol. The Morgan fingerprint density at radius 3 is 1.43 bits per heavy atom. The van der Waals surface area contributed by atoms with Crippen LogP contribution in [0.25, 0.3) is 22.3 Å². The Kier molecular flexibility index (Phi) is 10.1. The minimum Gasteiger partial charge on any atom is -0.307 e. The minimum atomic E-state index is 0.753. The summed E-state index contributed by atoms with van der Waals surface area (Å²) in [5.74, 6) is 0.753. The van der Waals surface area contributed by atoms with E-state index >= 15 is 0 Å². The molecule has 0 radical (unpaired) electrons. The Hall–Kier alpha value is -2.67. The van der Waals surface area contributed by atoms with Crippen molar-refractivity contribution in [3.63, 3.8) is 0 Å². The number of hydrogen-bond donors (Lipinski definition) is 0. The van der Waals surface area contributed by atoms with Crippen LogP contribution in [0.1, 0.15) is 57.6 Å². The van der Waals surface area contributed by atoms with Gasteiger partial charge in [-0.2, -0.15) is 0 Å². The second kappa shape index (κ2) is 12.8. The maximum absolute atomic E-state index is 8.00. The Balaban J connectivity index is 0.00000155. The number of rotatable bonds is 9. The van der Waals surface area contributed by atoms with Crippen molar-refractivity contribution in [2.75, 3.05) is 0 Å². The molecule has 0 heterocycles. The van der Waals surface area contributed by atoms with E-state index in [1.54, 1.807) is 0 Å². The van der Waals surface area contributed by atoms with E-state index in [0.717, 1.165) is 5.92 Å². The van der Waals surface area contributed by atoms with Crippen LogP contribution in [0.5, 0.6) is 0 Å². The highest BCUT2D eigenvalue weighted by molar-refractivity contribution is 5.70. The first-order valence-electron chi connectivity index (χ1n) is 11.3.